The summed E-state index contributed by atoms with van der Waals surface area (Å²) in [6, 6.07) is 3.12. The third kappa shape index (κ3) is 3.37. The van der Waals surface area contributed by atoms with Gasteiger partial charge in [0, 0.05) is 6.92 Å². The van der Waals surface area contributed by atoms with Gasteiger partial charge in [0.15, 0.2) is 18.1 Å². The number of hydrogen-bond donors (Lipinski definition) is 0. The number of esters is 1. The molecule has 0 fully saturated rings. The Morgan fingerprint density at radius 3 is 2.11 bits per heavy atom. The van der Waals surface area contributed by atoms with Gasteiger partial charge in [-0.2, -0.15) is 0 Å². The van der Waals surface area contributed by atoms with E-state index in [1.807, 2.05) is 0 Å². The Kier molecular flexibility index (Phi) is 5.17. The molecule has 1 rings (SSSR count). The largest absolute Gasteiger partial charge is 0.493 e. The van der Waals surface area contributed by atoms with Crippen molar-refractivity contribution in [3.8, 4) is 17.2 Å². The summed E-state index contributed by atoms with van der Waals surface area (Å²) in [7, 11) is 4.35. The zero-order chi connectivity index (χ0) is 14.4. The van der Waals surface area contributed by atoms with E-state index in [9.17, 15) is 9.59 Å². The Morgan fingerprint density at radius 2 is 1.63 bits per heavy atom. The summed E-state index contributed by atoms with van der Waals surface area (Å²) < 4.78 is 20.1. The van der Waals surface area contributed by atoms with Crippen molar-refractivity contribution >= 4 is 11.8 Å². The molecule has 104 valence electrons. The second-order valence-corrected chi connectivity index (χ2v) is 3.59. The molecule has 0 bridgehead atoms. The maximum atomic E-state index is 11.9. The van der Waals surface area contributed by atoms with Crippen molar-refractivity contribution in [2.24, 2.45) is 0 Å². The SMILES string of the molecule is COc1ccc(C(=O)COC(C)=O)c(OC)c1OC. The lowest BCUT2D eigenvalue weighted by Crippen LogP contribution is -2.13. The van der Waals surface area contributed by atoms with Crippen molar-refractivity contribution in [1.29, 1.82) is 0 Å². The third-order valence-electron chi connectivity index (χ3n) is 2.41. The molecular weight excluding hydrogens is 252 g/mol. The van der Waals surface area contributed by atoms with E-state index >= 15 is 0 Å². The van der Waals surface area contributed by atoms with Gasteiger partial charge in [-0.15, -0.1) is 0 Å². The summed E-state index contributed by atoms with van der Waals surface area (Å²) in [4.78, 5) is 22.7. The molecule has 6 heteroatoms. The molecule has 0 aliphatic heterocycles. The van der Waals surface area contributed by atoms with Gasteiger partial charge < -0.3 is 18.9 Å². The van der Waals surface area contributed by atoms with Crippen molar-refractivity contribution < 1.29 is 28.5 Å². The first-order valence-electron chi connectivity index (χ1n) is 5.50. The predicted molar refractivity (Wildman–Crippen MR) is 67.1 cm³/mol. The predicted octanol–water partition coefficient (Wildman–Crippen LogP) is 1.46. The van der Waals surface area contributed by atoms with Crippen LogP contribution in [0.1, 0.15) is 17.3 Å². The number of rotatable bonds is 6. The number of ketones is 1. The van der Waals surface area contributed by atoms with Crippen LogP contribution in [0.15, 0.2) is 12.1 Å². The van der Waals surface area contributed by atoms with Crippen molar-refractivity contribution in [3.63, 3.8) is 0 Å². The molecule has 0 saturated heterocycles. The van der Waals surface area contributed by atoms with Gasteiger partial charge in [0.05, 0.1) is 26.9 Å². The molecule has 0 radical (unpaired) electrons. The van der Waals surface area contributed by atoms with Crippen molar-refractivity contribution in [2.45, 2.75) is 6.92 Å². The Bertz CT molecular complexity index is 480. The molecule has 0 saturated carbocycles. The van der Waals surface area contributed by atoms with E-state index in [-0.39, 0.29) is 23.7 Å². The molecule has 1 aromatic rings. The first-order valence-corrected chi connectivity index (χ1v) is 5.50. The lowest BCUT2D eigenvalue weighted by Gasteiger charge is -2.14. The van der Waals surface area contributed by atoms with Crippen molar-refractivity contribution in [2.75, 3.05) is 27.9 Å². The standard InChI is InChI=1S/C13H16O6/c1-8(14)19-7-10(15)9-5-6-11(16-2)13(18-4)12(9)17-3/h5-6H,7H2,1-4H3. The van der Waals surface area contributed by atoms with Crippen LogP contribution in [-0.2, 0) is 9.53 Å². The highest BCUT2D eigenvalue weighted by Crippen LogP contribution is 2.39. The Balaban J connectivity index is 3.13. The van der Waals surface area contributed by atoms with E-state index in [0.29, 0.717) is 11.5 Å². The highest BCUT2D eigenvalue weighted by atomic mass is 16.5. The van der Waals surface area contributed by atoms with Crippen LogP contribution in [0.3, 0.4) is 0 Å². The number of carbonyl (C=O) groups is 2. The fourth-order valence-electron chi connectivity index (χ4n) is 1.57. The number of hydrogen-bond acceptors (Lipinski definition) is 6. The number of methoxy groups -OCH3 is 3. The van der Waals surface area contributed by atoms with E-state index in [1.165, 1.54) is 34.3 Å². The van der Waals surface area contributed by atoms with Gasteiger partial charge in [0.25, 0.3) is 0 Å². The molecule has 0 N–H and O–H groups in total. The molecule has 0 heterocycles. The Morgan fingerprint density at radius 1 is 1.00 bits per heavy atom. The van der Waals surface area contributed by atoms with Gasteiger partial charge in [-0.05, 0) is 12.1 Å². The minimum atomic E-state index is -0.521. The van der Waals surface area contributed by atoms with Gasteiger partial charge in [-0.1, -0.05) is 0 Å². The molecule has 1 aromatic carbocycles. The maximum Gasteiger partial charge on any atom is 0.303 e. The van der Waals surface area contributed by atoms with E-state index in [0.717, 1.165) is 0 Å². The minimum absolute atomic E-state index is 0.249. The normalized spacial score (nSPS) is 9.68. The van der Waals surface area contributed by atoms with Gasteiger partial charge >= 0.3 is 5.97 Å². The zero-order valence-electron chi connectivity index (χ0n) is 11.3. The number of Topliss-reactive ketones (excluding diaryl/α,β-unsaturated/α-hetero) is 1. The molecule has 0 aromatic heterocycles. The average Bonchev–Trinajstić information content (AvgIpc) is 2.42. The van der Waals surface area contributed by atoms with Crippen LogP contribution in [0.25, 0.3) is 0 Å². The monoisotopic (exact) mass is 268 g/mol. The van der Waals surface area contributed by atoms with Crippen LogP contribution < -0.4 is 14.2 Å². The topological polar surface area (TPSA) is 71.1 Å². The van der Waals surface area contributed by atoms with Crippen LogP contribution in [0, 0.1) is 0 Å². The summed E-state index contributed by atoms with van der Waals surface area (Å²) in [6.07, 6.45) is 0. The zero-order valence-corrected chi connectivity index (χ0v) is 11.3. The van der Waals surface area contributed by atoms with E-state index in [2.05, 4.69) is 4.74 Å². The second-order valence-electron chi connectivity index (χ2n) is 3.59. The van der Waals surface area contributed by atoms with Crippen molar-refractivity contribution in [3.05, 3.63) is 17.7 Å². The van der Waals surface area contributed by atoms with Crippen LogP contribution in [0.5, 0.6) is 17.2 Å². The van der Waals surface area contributed by atoms with Crippen LogP contribution in [0.2, 0.25) is 0 Å². The van der Waals surface area contributed by atoms with Gasteiger partial charge in [-0.3, -0.25) is 9.59 Å². The molecule has 19 heavy (non-hydrogen) atoms. The average molecular weight is 268 g/mol. The quantitative estimate of drug-likeness (QED) is 0.574. The first-order chi connectivity index (χ1) is 9.04. The van der Waals surface area contributed by atoms with Gasteiger partial charge in [0.2, 0.25) is 11.5 Å². The van der Waals surface area contributed by atoms with E-state index < -0.39 is 5.97 Å². The molecule has 0 unspecified atom stereocenters. The summed E-state index contributed by atoms with van der Waals surface area (Å²) in [5.41, 5.74) is 0.265. The molecule has 6 nitrogen and oxygen atoms in total. The van der Waals surface area contributed by atoms with E-state index in [4.69, 9.17) is 14.2 Å². The first kappa shape index (κ1) is 14.8. The Hall–Kier alpha value is -2.24. The highest BCUT2D eigenvalue weighted by Gasteiger charge is 2.21. The summed E-state index contributed by atoms with van der Waals surface area (Å²) in [5.74, 6) is 0.113. The molecular formula is C13H16O6. The highest BCUT2D eigenvalue weighted by molar-refractivity contribution is 6.01. The summed E-state index contributed by atoms with van der Waals surface area (Å²) in [6.45, 7) is 0.889. The smallest absolute Gasteiger partial charge is 0.303 e. The molecule has 0 atom stereocenters. The summed E-state index contributed by atoms with van der Waals surface area (Å²) >= 11 is 0. The fourth-order valence-corrected chi connectivity index (χ4v) is 1.57. The molecule has 0 amide bonds. The van der Waals surface area contributed by atoms with Gasteiger partial charge in [-0.25, -0.2) is 0 Å². The lowest BCUT2D eigenvalue weighted by atomic mass is 10.1. The van der Waals surface area contributed by atoms with E-state index in [1.54, 1.807) is 6.07 Å². The number of carbonyl (C=O) groups excluding carboxylic acids is 2. The number of ether oxygens (including phenoxy) is 4. The lowest BCUT2D eigenvalue weighted by molar-refractivity contribution is -0.139. The molecule has 0 spiro atoms. The third-order valence-corrected chi connectivity index (χ3v) is 2.41. The maximum absolute atomic E-state index is 11.9. The van der Waals surface area contributed by atoms with Crippen LogP contribution >= 0.6 is 0 Å². The fraction of sp³-hybridized carbons (Fsp3) is 0.385. The van der Waals surface area contributed by atoms with Crippen molar-refractivity contribution in [1.82, 2.24) is 0 Å². The summed E-state index contributed by atoms with van der Waals surface area (Å²) in [5, 5.41) is 0. The Labute approximate surface area is 111 Å². The van der Waals surface area contributed by atoms with Crippen LogP contribution in [-0.4, -0.2) is 39.7 Å². The number of benzene rings is 1. The van der Waals surface area contributed by atoms with Gasteiger partial charge in [0.1, 0.15) is 0 Å². The van der Waals surface area contributed by atoms with Crippen LogP contribution in [0.4, 0.5) is 0 Å². The second kappa shape index (κ2) is 6.63. The molecule has 0 aliphatic rings. The molecule has 0 aliphatic carbocycles. The minimum Gasteiger partial charge on any atom is -0.493 e.